The Morgan fingerprint density at radius 3 is 1.33 bits per heavy atom. The van der Waals surface area contributed by atoms with Gasteiger partial charge in [-0.1, -0.05) is 121 Å². The zero-order valence-electron chi connectivity index (χ0n) is 31.2. The number of para-hydroxylation sites is 4. The van der Waals surface area contributed by atoms with E-state index in [1.807, 2.05) is 0 Å². The van der Waals surface area contributed by atoms with Crippen molar-refractivity contribution < 1.29 is 8.83 Å². The van der Waals surface area contributed by atoms with Crippen LogP contribution in [0.1, 0.15) is 0 Å². The molecule has 0 fully saturated rings. The van der Waals surface area contributed by atoms with E-state index in [0.717, 1.165) is 71.9 Å². The lowest BCUT2D eigenvalue weighted by Gasteiger charge is -2.09. The molecular weight excluding hydrogens is 709 g/mol. The molecular formula is C54H32N2O2. The first-order valence-electron chi connectivity index (χ1n) is 19.8. The highest BCUT2D eigenvalue weighted by atomic mass is 16.3. The molecule has 4 nitrogen and oxygen atoms in total. The Kier molecular flexibility index (Phi) is 6.41. The van der Waals surface area contributed by atoms with Gasteiger partial charge in [-0.3, -0.25) is 0 Å². The van der Waals surface area contributed by atoms with E-state index < -0.39 is 0 Å². The van der Waals surface area contributed by atoms with Gasteiger partial charge in [0.2, 0.25) is 0 Å². The number of furan rings is 2. The Bertz CT molecular complexity index is 3690. The summed E-state index contributed by atoms with van der Waals surface area (Å²) in [6.45, 7) is 0. The molecule has 270 valence electrons. The molecule has 9 aromatic carbocycles. The second kappa shape index (κ2) is 11.8. The second-order valence-electron chi connectivity index (χ2n) is 15.3. The molecule has 0 unspecified atom stereocenters. The van der Waals surface area contributed by atoms with Crippen LogP contribution >= 0.6 is 0 Å². The van der Waals surface area contributed by atoms with Crippen LogP contribution in [0.25, 0.3) is 121 Å². The number of fused-ring (bicyclic) bond motifs is 13. The smallest absolute Gasteiger partial charge is 0.144 e. The maximum Gasteiger partial charge on any atom is 0.144 e. The van der Waals surface area contributed by atoms with E-state index >= 15 is 0 Å². The number of benzene rings is 9. The van der Waals surface area contributed by atoms with Gasteiger partial charge in [0.25, 0.3) is 0 Å². The van der Waals surface area contributed by atoms with Crippen LogP contribution in [0, 0.1) is 0 Å². The zero-order valence-corrected chi connectivity index (χ0v) is 31.2. The van der Waals surface area contributed by atoms with E-state index in [9.17, 15) is 0 Å². The summed E-state index contributed by atoms with van der Waals surface area (Å²) in [5, 5.41) is 9.13. The van der Waals surface area contributed by atoms with Gasteiger partial charge >= 0.3 is 0 Å². The number of rotatable bonds is 4. The van der Waals surface area contributed by atoms with E-state index in [-0.39, 0.29) is 0 Å². The quantitative estimate of drug-likeness (QED) is 0.180. The molecule has 0 aliphatic heterocycles. The fourth-order valence-corrected chi connectivity index (χ4v) is 9.58. The minimum atomic E-state index is 0.826. The molecule has 13 aromatic rings. The van der Waals surface area contributed by atoms with Gasteiger partial charge in [-0.05, 0) is 89.5 Å². The first-order valence-corrected chi connectivity index (χ1v) is 19.8. The van der Waals surface area contributed by atoms with Gasteiger partial charge in [0.1, 0.15) is 22.3 Å². The molecule has 0 radical (unpaired) electrons. The van der Waals surface area contributed by atoms with Gasteiger partial charge in [0.15, 0.2) is 0 Å². The van der Waals surface area contributed by atoms with Gasteiger partial charge in [0, 0.05) is 60.0 Å². The molecule has 0 N–H and O–H groups in total. The lowest BCUT2D eigenvalue weighted by Crippen LogP contribution is -1.93. The maximum atomic E-state index is 7.02. The molecule has 0 atom stereocenters. The van der Waals surface area contributed by atoms with E-state index in [4.69, 9.17) is 8.83 Å². The highest BCUT2D eigenvalue weighted by Crippen LogP contribution is 2.46. The van der Waals surface area contributed by atoms with Crippen molar-refractivity contribution in [1.82, 2.24) is 9.13 Å². The molecule has 0 amide bonds. The summed E-state index contributed by atoms with van der Waals surface area (Å²) in [4.78, 5) is 0. The van der Waals surface area contributed by atoms with Gasteiger partial charge in [0.05, 0.1) is 22.1 Å². The molecule has 4 aromatic heterocycles. The number of nitrogens with zero attached hydrogens (tertiary/aromatic N) is 2. The molecule has 0 aliphatic rings. The molecule has 4 heterocycles. The summed E-state index contributed by atoms with van der Waals surface area (Å²) >= 11 is 0. The van der Waals surface area contributed by atoms with Crippen LogP contribution < -0.4 is 0 Å². The molecule has 58 heavy (non-hydrogen) atoms. The van der Waals surface area contributed by atoms with Crippen LogP contribution in [-0.4, -0.2) is 9.13 Å². The summed E-state index contributed by atoms with van der Waals surface area (Å²) in [5.74, 6) is 0. The Hall–Kier alpha value is -7.82. The van der Waals surface area contributed by atoms with Crippen molar-refractivity contribution >= 4 is 87.5 Å². The van der Waals surface area contributed by atoms with Crippen molar-refractivity contribution in [2.75, 3.05) is 0 Å². The zero-order chi connectivity index (χ0) is 37.9. The average Bonchev–Trinajstić information content (AvgIpc) is 4.03. The normalized spacial score (nSPS) is 12.1. The lowest BCUT2D eigenvalue weighted by molar-refractivity contribution is 0.663. The highest BCUT2D eigenvalue weighted by molar-refractivity contribution is 6.29. The Labute approximate surface area is 332 Å². The summed E-state index contributed by atoms with van der Waals surface area (Å²) < 4.78 is 18.6. The number of hydrogen-bond donors (Lipinski definition) is 0. The predicted molar refractivity (Wildman–Crippen MR) is 241 cm³/mol. The van der Waals surface area contributed by atoms with E-state index in [2.05, 4.69) is 203 Å². The van der Waals surface area contributed by atoms with Crippen molar-refractivity contribution in [3.63, 3.8) is 0 Å². The summed E-state index contributed by atoms with van der Waals surface area (Å²) in [5.41, 5.74) is 14.6. The van der Waals surface area contributed by atoms with E-state index in [1.165, 1.54) is 49.2 Å². The standard InChI is InChI=1S/C54H32N2O2/c1-2-13-33(14-3-1)34-15-12-16-35(29-34)42-32-51-52(43-30-36(25-27-49(43)57-51)55-45-21-8-4-17-38(45)39-18-5-9-22-46(39)55)53-44-31-37(26-28-50(44)58-54(42)53)56-47-23-10-6-19-40(47)41-20-7-11-24-48(41)56/h1-32H. The van der Waals surface area contributed by atoms with Crippen molar-refractivity contribution in [1.29, 1.82) is 0 Å². The van der Waals surface area contributed by atoms with Gasteiger partial charge < -0.3 is 18.0 Å². The average molecular weight is 741 g/mol. The third-order valence-corrected chi connectivity index (χ3v) is 12.1. The Morgan fingerprint density at radius 1 is 0.293 bits per heavy atom. The lowest BCUT2D eigenvalue weighted by atomic mass is 9.95. The molecule has 0 spiro atoms. The summed E-state index contributed by atoms with van der Waals surface area (Å²) in [7, 11) is 0. The van der Waals surface area contributed by atoms with E-state index in [0.29, 0.717) is 0 Å². The molecule has 4 heteroatoms. The molecule has 0 saturated carbocycles. The van der Waals surface area contributed by atoms with Gasteiger partial charge in [-0.2, -0.15) is 0 Å². The third kappa shape index (κ3) is 4.40. The van der Waals surface area contributed by atoms with Crippen molar-refractivity contribution in [2.24, 2.45) is 0 Å². The topological polar surface area (TPSA) is 36.1 Å². The Morgan fingerprint density at radius 2 is 0.759 bits per heavy atom. The second-order valence-corrected chi connectivity index (χ2v) is 15.3. The molecule has 0 saturated heterocycles. The van der Waals surface area contributed by atoms with Gasteiger partial charge in [-0.25, -0.2) is 0 Å². The number of aromatic nitrogens is 2. The summed E-state index contributed by atoms with van der Waals surface area (Å²) in [6, 6.07) is 69.3. The van der Waals surface area contributed by atoms with Crippen LogP contribution in [0.15, 0.2) is 203 Å². The highest BCUT2D eigenvalue weighted by Gasteiger charge is 2.23. The maximum absolute atomic E-state index is 7.02. The fraction of sp³-hybridized carbons (Fsp3) is 0. The van der Waals surface area contributed by atoms with Crippen molar-refractivity contribution in [3.05, 3.63) is 194 Å². The molecule has 0 bridgehead atoms. The van der Waals surface area contributed by atoms with Crippen LogP contribution in [0.2, 0.25) is 0 Å². The van der Waals surface area contributed by atoms with E-state index in [1.54, 1.807) is 0 Å². The van der Waals surface area contributed by atoms with Crippen LogP contribution in [-0.2, 0) is 0 Å². The monoisotopic (exact) mass is 740 g/mol. The minimum Gasteiger partial charge on any atom is -0.456 e. The van der Waals surface area contributed by atoms with Gasteiger partial charge in [-0.15, -0.1) is 0 Å². The molecule has 0 aliphatic carbocycles. The van der Waals surface area contributed by atoms with Crippen LogP contribution in [0.3, 0.4) is 0 Å². The minimum absolute atomic E-state index is 0.826. The van der Waals surface area contributed by atoms with Crippen LogP contribution in [0.5, 0.6) is 0 Å². The first-order chi connectivity index (χ1) is 28.8. The third-order valence-electron chi connectivity index (χ3n) is 12.1. The first kappa shape index (κ1) is 31.4. The van der Waals surface area contributed by atoms with Crippen LogP contribution in [0.4, 0.5) is 0 Å². The Balaban J connectivity index is 1.13. The number of hydrogen-bond acceptors (Lipinski definition) is 2. The predicted octanol–water partition coefficient (Wildman–Crippen LogP) is 15.0. The summed E-state index contributed by atoms with van der Waals surface area (Å²) in [6.07, 6.45) is 0. The SMILES string of the molecule is c1ccc(-c2cccc(-c3cc4oc5ccc(-n6c7ccccc7c7ccccc76)cc5c4c4c3oc3ccc(-n5c6ccccc6c6ccccc65)cc34)c2)cc1. The van der Waals surface area contributed by atoms with Crippen molar-refractivity contribution in [2.45, 2.75) is 0 Å². The fourth-order valence-electron chi connectivity index (χ4n) is 9.58. The molecule has 13 rings (SSSR count). The largest absolute Gasteiger partial charge is 0.456 e. The van der Waals surface area contributed by atoms with Crippen molar-refractivity contribution in [3.8, 4) is 33.6 Å².